The standard InChI is InChI=1S/C12H21NO/c1-5-9(3)12(13-4)10-7-8-14-11(10)6-2/h7-9,12-13H,5-6H2,1-4H3. The Bertz CT molecular complexity index is 267. The average molecular weight is 195 g/mol. The molecule has 1 N–H and O–H groups in total. The van der Waals surface area contributed by atoms with Gasteiger partial charge in [-0.3, -0.25) is 0 Å². The second-order valence-electron chi connectivity index (χ2n) is 3.80. The van der Waals surface area contributed by atoms with Crippen molar-refractivity contribution in [1.29, 1.82) is 0 Å². The lowest BCUT2D eigenvalue weighted by Gasteiger charge is -2.22. The number of nitrogens with one attached hydrogen (secondary N) is 1. The molecule has 80 valence electrons. The van der Waals surface area contributed by atoms with Crippen molar-refractivity contribution >= 4 is 0 Å². The Morgan fingerprint density at radius 3 is 2.64 bits per heavy atom. The highest BCUT2D eigenvalue weighted by Crippen LogP contribution is 2.27. The van der Waals surface area contributed by atoms with Crippen LogP contribution in [0.1, 0.15) is 44.6 Å². The van der Waals surface area contributed by atoms with Crippen molar-refractivity contribution in [3.05, 3.63) is 23.7 Å². The molecule has 1 rings (SSSR count). The molecule has 0 radical (unpaired) electrons. The maximum atomic E-state index is 5.45. The van der Waals surface area contributed by atoms with E-state index in [1.54, 1.807) is 6.26 Å². The lowest BCUT2D eigenvalue weighted by atomic mass is 9.92. The molecule has 2 nitrogen and oxygen atoms in total. The van der Waals surface area contributed by atoms with E-state index in [1.165, 1.54) is 12.0 Å². The van der Waals surface area contributed by atoms with Crippen molar-refractivity contribution in [2.24, 2.45) is 5.92 Å². The summed E-state index contributed by atoms with van der Waals surface area (Å²) in [7, 11) is 2.02. The van der Waals surface area contributed by atoms with Gasteiger partial charge < -0.3 is 9.73 Å². The second-order valence-corrected chi connectivity index (χ2v) is 3.80. The van der Waals surface area contributed by atoms with Gasteiger partial charge in [-0.05, 0) is 19.0 Å². The van der Waals surface area contributed by atoms with Crippen LogP contribution in [-0.4, -0.2) is 7.05 Å². The van der Waals surface area contributed by atoms with E-state index in [0.29, 0.717) is 12.0 Å². The topological polar surface area (TPSA) is 25.2 Å². The monoisotopic (exact) mass is 195 g/mol. The predicted octanol–water partition coefficient (Wildman–Crippen LogP) is 3.15. The Hall–Kier alpha value is -0.760. The van der Waals surface area contributed by atoms with E-state index in [4.69, 9.17) is 4.42 Å². The molecule has 1 heterocycles. The van der Waals surface area contributed by atoms with E-state index in [0.717, 1.165) is 12.2 Å². The average Bonchev–Trinajstić information content (AvgIpc) is 2.66. The maximum Gasteiger partial charge on any atom is 0.108 e. The minimum absolute atomic E-state index is 0.425. The summed E-state index contributed by atoms with van der Waals surface area (Å²) >= 11 is 0. The molecule has 0 saturated heterocycles. The normalized spacial score (nSPS) is 15.4. The predicted molar refractivity (Wildman–Crippen MR) is 59.3 cm³/mol. The quantitative estimate of drug-likeness (QED) is 0.780. The van der Waals surface area contributed by atoms with E-state index in [1.807, 2.05) is 7.05 Å². The van der Waals surface area contributed by atoms with Crippen LogP contribution in [0.4, 0.5) is 0 Å². The van der Waals surface area contributed by atoms with Crippen LogP contribution in [-0.2, 0) is 6.42 Å². The van der Waals surface area contributed by atoms with Crippen LogP contribution in [0.2, 0.25) is 0 Å². The largest absolute Gasteiger partial charge is 0.469 e. The molecule has 1 aromatic rings. The molecule has 0 fully saturated rings. The van der Waals surface area contributed by atoms with E-state index < -0.39 is 0 Å². The molecule has 0 saturated carbocycles. The van der Waals surface area contributed by atoms with Crippen molar-refractivity contribution in [2.75, 3.05) is 7.05 Å². The molecule has 14 heavy (non-hydrogen) atoms. The van der Waals surface area contributed by atoms with Gasteiger partial charge in [0.2, 0.25) is 0 Å². The van der Waals surface area contributed by atoms with Crippen molar-refractivity contribution in [1.82, 2.24) is 5.32 Å². The van der Waals surface area contributed by atoms with E-state index in [2.05, 4.69) is 32.2 Å². The van der Waals surface area contributed by atoms with Crippen LogP contribution < -0.4 is 5.32 Å². The highest BCUT2D eigenvalue weighted by Gasteiger charge is 2.19. The number of hydrogen-bond donors (Lipinski definition) is 1. The molecule has 0 amide bonds. The Labute approximate surface area is 86.7 Å². The van der Waals surface area contributed by atoms with Gasteiger partial charge >= 0.3 is 0 Å². The maximum absolute atomic E-state index is 5.45. The van der Waals surface area contributed by atoms with E-state index >= 15 is 0 Å². The van der Waals surface area contributed by atoms with Crippen molar-refractivity contribution in [3.8, 4) is 0 Å². The molecular formula is C12H21NO. The highest BCUT2D eigenvalue weighted by molar-refractivity contribution is 5.22. The summed E-state index contributed by atoms with van der Waals surface area (Å²) in [6.45, 7) is 6.62. The summed E-state index contributed by atoms with van der Waals surface area (Å²) in [6.07, 6.45) is 3.94. The van der Waals surface area contributed by atoms with Crippen LogP contribution in [0.15, 0.2) is 16.7 Å². The minimum Gasteiger partial charge on any atom is -0.469 e. The van der Waals surface area contributed by atoms with Crippen LogP contribution >= 0.6 is 0 Å². The van der Waals surface area contributed by atoms with Crippen LogP contribution in [0.25, 0.3) is 0 Å². The summed E-state index contributed by atoms with van der Waals surface area (Å²) in [5.41, 5.74) is 1.32. The Morgan fingerprint density at radius 1 is 1.43 bits per heavy atom. The van der Waals surface area contributed by atoms with Gasteiger partial charge in [0.1, 0.15) is 5.76 Å². The van der Waals surface area contributed by atoms with Crippen molar-refractivity contribution in [2.45, 2.75) is 39.7 Å². The SMILES string of the molecule is CCc1occc1C(NC)C(C)CC. The minimum atomic E-state index is 0.425. The van der Waals surface area contributed by atoms with Crippen LogP contribution in [0.5, 0.6) is 0 Å². The third-order valence-corrected chi connectivity index (χ3v) is 2.96. The lowest BCUT2D eigenvalue weighted by molar-refractivity contribution is 0.390. The Balaban J connectivity index is 2.88. The van der Waals surface area contributed by atoms with Gasteiger partial charge in [0.15, 0.2) is 0 Å². The molecule has 1 aromatic heterocycles. The third-order valence-electron chi connectivity index (χ3n) is 2.96. The summed E-state index contributed by atoms with van der Waals surface area (Å²) in [5, 5.41) is 3.37. The molecular weight excluding hydrogens is 174 g/mol. The second kappa shape index (κ2) is 5.20. The third kappa shape index (κ3) is 2.18. The first-order valence-corrected chi connectivity index (χ1v) is 5.48. The first-order chi connectivity index (χ1) is 6.74. The van der Waals surface area contributed by atoms with Gasteiger partial charge in [-0.15, -0.1) is 0 Å². The summed E-state index contributed by atoms with van der Waals surface area (Å²) in [6, 6.07) is 2.51. The van der Waals surface area contributed by atoms with Crippen LogP contribution in [0, 0.1) is 5.92 Å². The summed E-state index contributed by atoms with van der Waals surface area (Å²) in [4.78, 5) is 0. The van der Waals surface area contributed by atoms with Gasteiger partial charge in [-0.1, -0.05) is 27.2 Å². The number of furan rings is 1. The zero-order valence-corrected chi connectivity index (χ0v) is 9.63. The molecule has 2 heteroatoms. The number of rotatable bonds is 5. The summed E-state index contributed by atoms with van der Waals surface area (Å²) in [5.74, 6) is 1.76. The molecule has 0 aliphatic rings. The zero-order valence-electron chi connectivity index (χ0n) is 9.63. The Morgan fingerprint density at radius 2 is 2.14 bits per heavy atom. The lowest BCUT2D eigenvalue weighted by Crippen LogP contribution is -2.23. The first-order valence-electron chi connectivity index (χ1n) is 5.48. The highest BCUT2D eigenvalue weighted by atomic mass is 16.3. The first kappa shape index (κ1) is 11.3. The van der Waals surface area contributed by atoms with Gasteiger partial charge in [0.25, 0.3) is 0 Å². The van der Waals surface area contributed by atoms with Crippen molar-refractivity contribution < 1.29 is 4.42 Å². The fourth-order valence-electron chi connectivity index (χ4n) is 1.90. The van der Waals surface area contributed by atoms with Crippen LogP contribution in [0.3, 0.4) is 0 Å². The smallest absolute Gasteiger partial charge is 0.108 e. The summed E-state index contributed by atoms with van der Waals surface area (Å²) < 4.78 is 5.45. The number of aryl methyl sites for hydroxylation is 1. The van der Waals surface area contributed by atoms with Gasteiger partial charge in [-0.2, -0.15) is 0 Å². The zero-order chi connectivity index (χ0) is 10.6. The molecule has 2 unspecified atom stereocenters. The molecule has 0 aliphatic carbocycles. The Kier molecular flexibility index (Phi) is 4.21. The van der Waals surface area contributed by atoms with Gasteiger partial charge in [0.05, 0.1) is 6.26 Å². The van der Waals surface area contributed by atoms with E-state index in [-0.39, 0.29) is 0 Å². The molecule has 0 aromatic carbocycles. The molecule has 0 bridgehead atoms. The van der Waals surface area contributed by atoms with Gasteiger partial charge in [0, 0.05) is 18.0 Å². The molecule has 2 atom stereocenters. The molecule has 0 aliphatic heterocycles. The van der Waals surface area contributed by atoms with Crippen molar-refractivity contribution in [3.63, 3.8) is 0 Å². The van der Waals surface area contributed by atoms with Gasteiger partial charge in [-0.25, -0.2) is 0 Å². The number of hydrogen-bond acceptors (Lipinski definition) is 2. The molecule has 0 spiro atoms. The fraction of sp³-hybridized carbons (Fsp3) is 0.667. The van der Waals surface area contributed by atoms with E-state index in [9.17, 15) is 0 Å². The fourth-order valence-corrected chi connectivity index (χ4v) is 1.90.